The monoisotopic (exact) mass is 283 g/mol. The number of carbonyl (C=O) groups is 1. The van der Waals surface area contributed by atoms with E-state index >= 15 is 0 Å². The van der Waals surface area contributed by atoms with Crippen LogP contribution in [0.2, 0.25) is 0 Å². The molecule has 0 radical (unpaired) electrons. The SMILES string of the molecule is O=C(ON1C(=S)CCC1=S)c1cc(O)cc(O)c1. The smallest absolute Gasteiger partial charge is 0.363 e. The van der Waals surface area contributed by atoms with E-state index in [0.29, 0.717) is 22.8 Å². The lowest BCUT2D eigenvalue weighted by molar-refractivity contribution is -0.0105. The molecule has 5 nitrogen and oxygen atoms in total. The van der Waals surface area contributed by atoms with Crippen LogP contribution in [0.5, 0.6) is 11.5 Å². The Labute approximate surface area is 114 Å². The van der Waals surface area contributed by atoms with Gasteiger partial charge in [0.2, 0.25) is 0 Å². The number of hydrogen-bond donors (Lipinski definition) is 2. The van der Waals surface area contributed by atoms with E-state index < -0.39 is 5.97 Å². The summed E-state index contributed by atoms with van der Waals surface area (Å²) in [5, 5.41) is 19.7. The zero-order valence-electron chi connectivity index (χ0n) is 9.12. The van der Waals surface area contributed by atoms with Gasteiger partial charge in [0.25, 0.3) is 0 Å². The van der Waals surface area contributed by atoms with Gasteiger partial charge < -0.3 is 15.1 Å². The molecule has 0 atom stereocenters. The lowest BCUT2D eigenvalue weighted by Gasteiger charge is -2.16. The largest absolute Gasteiger partial charge is 0.508 e. The molecule has 2 rings (SSSR count). The van der Waals surface area contributed by atoms with E-state index in [1.54, 1.807) is 0 Å². The van der Waals surface area contributed by atoms with Gasteiger partial charge in [0, 0.05) is 18.9 Å². The van der Waals surface area contributed by atoms with E-state index in [0.717, 1.165) is 11.1 Å². The summed E-state index contributed by atoms with van der Waals surface area (Å²) < 4.78 is 0. The first-order valence-electron chi connectivity index (χ1n) is 5.08. The van der Waals surface area contributed by atoms with Crippen LogP contribution in [0.4, 0.5) is 0 Å². The average molecular weight is 283 g/mol. The molecular weight excluding hydrogens is 274 g/mol. The van der Waals surface area contributed by atoms with Crippen LogP contribution in [0.25, 0.3) is 0 Å². The fraction of sp³-hybridized carbons (Fsp3) is 0.182. The van der Waals surface area contributed by atoms with Crippen LogP contribution < -0.4 is 0 Å². The first-order chi connectivity index (χ1) is 8.47. The van der Waals surface area contributed by atoms with Crippen molar-refractivity contribution in [3.8, 4) is 11.5 Å². The molecule has 0 aromatic heterocycles. The molecule has 18 heavy (non-hydrogen) atoms. The molecule has 0 bridgehead atoms. The summed E-state index contributed by atoms with van der Waals surface area (Å²) in [5.41, 5.74) is 0.0185. The fourth-order valence-electron chi connectivity index (χ4n) is 1.51. The Balaban J connectivity index is 2.17. The summed E-state index contributed by atoms with van der Waals surface area (Å²) in [7, 11) is 0. The number of aromatic hydroxyl groups is 2. The minimum absolute atomic E-state index is 0.0185. The third-order valence-electron chi connectivity index (χ3n) is 2.32. The highest BCUT2D eigenvalue weighted by Crippen LogP contribution is 2.22. The Bertz CT molecular complexity index is 508. The minimum atomic E-state index is -0.743. The summed E-state index contributed by atoms with van der Waals surface area (Å²) in [5.74, 6) is -1.20. The van der Waals surface area contributed by atoms with Crippen molar-refractivity contribution in [2.45, 2.75) is 12.8 Å². The Kier molecular flexibility index (Phi) is 3.44. The third kappa shape index (κ3) is 2.57. The number of hydrogen-bond acceptors (Lipinski definition) is 6. The lowest BCUT2D eigenvalue weighted by Crippen LogP contribution is -2.30. The summed E-state index contributed by atoms with van der Waals surface area (Å²) >= 11 is 10.00. The van der Waals surface area contributed by atoms with Gasteiger partial charge in [-0.1, -0.05) is 24.4 Å². The van der Waals surface area contributed by atoms with Gasteiger partial charge in [0.05, 0.1) is 5.56 Å². The predicted molar refractivity (Wildman–Crippen MR) is 71.5 cm³/mol. The van der Waals surface area contributed by atoms with Gasteiger partial charge in [-0.25, -0.2) is 4.79 Å². The van der Waals surface area contributed by atoms with E-state index in [9.17, 15) is 15.0 Å². The molecule has 0 unspecified atom stereocenters. The molecule has 1 fully saturated rings. The molecule has 94 valence electrons. The van der Waals surface area contributed by atoms with Gasteiger partial charge in [0.1, 0.15) is 21.5 Å². The second-order valence-electron chi connectivity index (χ2n) is 3.70. The highest BCUT2D eigenvalue weighted by Gasteiger charge is 2.27. The van der Waals surface area contributed by atoms with E-state index in [1.807, 2.05) is 0 Å². The van der Waals surface area contributed by atoms with Gasteiger partial charge in [0.15, 0.2) is 0 Å². The molecule has 0 aliphatic carbocycles. The number of rotatable bonds is 2. The molecule has 0 spiro atoms. The molecule has 1 aromatic rings. The molecular formula is C11H9NO4S2. The first kappa shape index (κ1) is 12.7. The number of nitrogens with zero attached hydrogens (tertiary/aromatic N) is 1. The summed E-state index contributed by atoms with van der Waals surface area (Å²) in [6.07, 6.45) is 1.15. The molecule has 0 amide bonds. The molecule has 1 aliphatic rings. The minimum Gasteiger partial charge on any atom is -0.508 e. The summed E-state index contributed by atoms with van der Waals surface area (Å²) in [4.78, 5) is 17.7. The average Bonchev–Trinajstić information content (AvgIpc) is 2.59. The molecule has 1 saturated heterocycles. The predicted octanol–water partition coefficient (Wildman–Crippen LogP) is 1.92. The Morgan fingerprint density at radius 2 is 1.61 bits per heavy atom. The van der Waals surface area contributed by atoms with Crippen LogP contribution in [0.3, 0.4) is 0 Å². The molecule has 0 saturated carbocycles. The Hall–Kier alpha value is -1.73. The number of phenols is 2. The van der Waals surface area contributed by atoms with Crippen LogP contribution in [-0.4, -0.2) is 31.2 Å². The van der Waals surface area contributed by atoms with Crippen molar-refractivity contribution in [1.82, 2.24) is 5.06 Å². The van der Waals surface area contributed by atoms with Gasteiger partial charge in [-0.3, -0.25) is 0 Å². The van der Waals surface area contributed by atoms with Crippen LogP contribution in [-0.2, 0) is 4.84 Å². The molecule has 1 aliphatic heterocycles. The number of benzene rings is 1. The van der Waals surface area contributed by atoms with E-state index in [2.05, 4.69) is 0 Å². The highest BCUT2D eigenvalue weighted by atomic mass is 32.1. The van der Waals surface area contributed by atoms with Crippen LogP contribution in [0.1, 0.15) is 23.2 Å². The van der Waals surface area contributed by atoms with E-state index in [4.69, 9.17) is 29.3 Å². The lowest BCUT2D eigenvalue weighted by atomic mass is 10.2. The fourth-order valence-corrected chi connectivity index (χ4v) is 2.06. The van der Waals surface area contributed by atoms with E-state index in [1.165, 1.54) is 12.1 Å². The van der Waals surface area contributed by atoms with Crippen LogP contribution >= 0.6 is 24.4 Å². The van der Waals surface area contributed by atoms with Crippen molar-refractivity contribution >= 4 is 40.4 Å². The number of hydroxylamine groups is 2. The maximum absolute atomic E-state index is 11.8. The van der Waals surface area contributed by atoms with Crippen molar-refractivity contribution in [3.05, 3.63) is 23.8 Å². The van der Waals surface area contributed by atoms with Gasteiger partial charge >= 0.3 is 5.97 Å². The zero-order valence-corrected chi connectivity index (χ0v) is 10.8. The second-order valence-corrected chi connectivity index (χ2v) is 4.64. The van der Waals surface area contributed by atoms with Crippen LogP contribution in [0, 0.1) is 0 Å². The molecule has 1 heterocycles. The standard InChI is InChI=1S/C11H9NO4S2/c13-7-3-6(4-8(14)5-7)11(15)16-12-9(17)1-2-10(12)18/h3-5,13-14H,1-2H2. The molecule has 1 aromatic carbocycles. The topological polar surface area (TPSA) is 70.0 Å². The maximum atomic E-state index is 11.8. The summed E-state index contributed by atoms with van der Waals surface area (Å²) in [6.45, 7) is 0. The quantitative estimate of drug-likeness (QED) is 0.803. The van der Waals surface area contributed by atoms with Crippen molar-refractivity contribution in [2.24, 2.45) is 0 Å². The highest BCUT2D eigenvalue weighted by molar-refractivity contribution is 7.82. The van der Waals surface area contributed by atoms with Gasteiger partial charge in [-0.2, -0.15) is 5.06 Å². The third-order valence-corrected chi connectivity index (χ3v) is 3.06. The van der Waals surface area contributed by atoms with Gasteiger partial charge in [-0.15, -0.1) is 0 Å². The van der Waals surface area contributed by atoms with Crippen molar-refractivity contribution < 1.29 is 19.8 Å². The maximum Gasteiger partial charge on any atom is 0.363 e. The van der Waals surface area contributed by atoms with Crippen LogP contribution in [0.15, 0.2) is 18.2 Å². The van der Waals surface area contributed by atoms with E-state index in [-0.39, 0.29) is 17.1 Å². The number of phenolic OH excluding ortho intramolecular Hbond substituents is 2. The number of carbonyl (C=O) groups excluding carboxylic acids is 1. The van der Waals surface area contributed by atoms with Crippen molar-refractivity contribution in [2.75, 3.05) is 0 Å². The Morgan fingerprint density at radius 3 is 2.11 bits per heavy atom. The molecule has 7 heteroatoms. The first-order valence-corrected chi connectivity index (χ1v) is 5.90. The number of thiocarbonyl (C=S) groups is 2. The second kappa shape index (κ2) is 4.87. The zero-order chi connectivity index (χ0) is 13.3. The normalized spacial score (nSPS) is 15.0. The Morgan fingerprint density at radius 1 is 1.11 bits per heavy atom. The van der Waals surface area contributed by atoms with Gasteiger partial charge in [-0.05, 0) is 12.1 Å². The molecule has 2 N–H and O–H groups in total. The van der Waals surface area contributed by atoms with Crippen molar-refractivity contribution in [3.63, 3.8) is 0 Å². The van der Waals surface area contributed by atoms with Crippen molar-refractivity contribution in [1.29, 1.82) is 0 Å². The summed E-state index contributed by atoms with van der Waals surface area (Å²) in [6, 6.07) is 3.48.